The van der Waals surface area contributed by atoms with Crippen LogP contribution in [-0.4, -0.2) is 24.7 Å². The van der Waals surface area contributed by atoms with Gasteiger partial charge in [0.15, 0.2) is 11.0 Å². The van der Waals surface area contributed by atoms with Crippen molar-refractivity contribution in [2.75, 3.05) is 0 Å². The number of benzene rings is 1. The summed E-state index contributed by atoms with van der Waals surface area (Å²) in [6.07, 6.45) is 3.16. The second-order valence-corrected chi connectivity index (χ2v) is 11.3. The Morgan fingerprint density at radius 1 is 1.18 bits per heavy atom. The van der Waals surface area contributed by atoms with Crippen LogP contribution in [0.15, 0.2) is 57.8 Å². The normalized spacial score (nSPS) is 15.7. The minimum absolute atomic E-state index is 0.0218. The fourth-order valence-electron chi connectivity index (χ4n) is 4.33. The largest absolute Gasteiger partial charge is 0.309 e. The van der Waals surface area contributed by atoms with E-state index in [1.807, 2.05) is 41.8 Å². The van der Waals surface area contributed by atoms with Gasteiger partial charge in [0.1, 0.15) is 10.7 Å². The number of aromatic amines is 1. The summed E-state index contributed by atoms with van der Waals surface area (Å²) in [5.41, 5.74) is 2.20. The Morgan fingerprint density at radius 3 is 2.88 bits per heavy atom. The predicted octanol–water partition coefficient (Wildman–Crippen LogP) is 5.71. The number of fused-ring (bicyclic) bond motifs is 3. The van der Waals surface area contributed by atoms with E-state index < -0.39 is 0 Å². The van der Waals surface area contributed by atoms with Crippen molar-refractivity contribution in [3.05, 3.63) is 74.5 Å². The molecule has 1 aliphatic rings. The molecule has 0 fully saturated rings. The molecule has 1 aliphatic carbocycles. The monoisotopic (exact) mass is 491 g/mol. The van der Waals surface area contributed by atoms with Gasteiger partial charge in [0.05, 0.1) is 16.0 Å². The summed E-state index contributed by atoms with van der Waals surface area (Å²) < 4.78 is 2.07. The summed E-state index contributed by atoms with van der Waals surface area (Å²) in [6.45, 7) is 2.28. The average molecular weight is 492 g/mol. The van der Waals surface area contributed by atoms with E-state index in [0.717, 1.165) is 51.0 Å². The fourth-order valence-corrected chi connectivity index (χ4v) is 7.26. The first-order valence-corrected chi connectivity index (χ1v) is 13.6. The third kappa shape index (κ3) is 3.84. The van der Waals surface area contributed by atoms with Gasteiger partial charge in [-0.05, 0) is 54.3 Å². The van der Waals surface area contributed by atoms with Crippen LogP contribution in [0.1, 0.15) is 29.6 Å². The molecule has 4 heterocycles. The van der Waals surface area contributed by atoms with Gasteiger partial charge < -0.3 is 4.98 Å². The van der Waals surface area contributed by atoms with Crippen LogP contribution >= 0.6 is 34.4 Å². The van der Waals surface area contributed by atoms with Crippen molar-refractivity contribution in [1.82, 2.24) is 24.7 Å². The molecule has 6 nitrogen and oxygen atoms in total. The Kier molecular flexibility index (Phi) is 5.40. The Labute approximate surface area is 202 Å². The zero-order valence-electron chi connectivity index (χ0n) is 17.9. The maximum absolute atomic E-state index is 12.9. The highest BCUT2D eigenvalue weighted by atomic mass is 32.2. The third-order valence-electron chi connectivity index (χ3n) is 5.94. The average Bonchev–Trinajstić information content (AvgIpc) is 3.55. The van der Waals surface area contributed by atoms with Crippen LogP contribution in [-0.2, 0) is 18.6 Å². The minimum atomic E-state index is -0.0218. The van der Waals surface area contributed by atoms with Crippen LogP contribution in [0.3, 0.4) is 0 Å². The number of nitrogens with one attached hydrogen (secondary N) is 1. The molecule has 1 N–H and O–H groups in total. The quantitative estimate of drug-likeness (QED) is 0.319. The number of hydrogen-bond acceptors (Lipinski definition) is 7. The zero-order valence-corrected chi connectivity index (χ0v) is 20.4. The zero-order chi connectivity index (χ0) is 22.4. The topological polar surface area (TPSA) is 76.5 Å². The second kappa shape index (κ2) is 8.55. The number of para-hydroxylation sites is 1. The third-order valence-corrected chi connectivity index (χ3v) is 8.90. The van der Waals surface area contributed by atoms with Crippen molar-refractivity contribution in [3.63, 3.8) is 0 Å². The molecule has 4 aromatic heterocycles. The van der Waals surface area contributed by atoms with Gasteiger partial charge in [-0.1, -0.05) is 43.0 Å². The lowest BCUT2D eigenvalue weighted by Crippen LogP contribution is -2.14. The first-order chi connectivity index (χ1) is 16.2. The molecule has 5 aromatic rings. The summed E-state index contributed by atoms with van der Waals surface area (Å²) in [5, 5.41) is 12.6. The number of H-pyrrole nitrogens is 1. The van der Waals surface area contributed by atoms with Gasteiger partial charge in [0.2, 0.25) is 0 Å². The van der Waals surface area contributed by atoms with Gasteiger partial charge in [0, 0.05) is 10.6 Å². The Hall–Kier alpha value is -2.75. The van der Waals surface area contributed by atoms with E-state index in [2.05, 4.69) is 32.7 Å². The molecule has 0 aliphatic heterocycles. The van der Waals surface area contributed by atoms with Crippen molar-refractivity contribution in [2.24, 2.45) is 5.92 Å². The SMILES string of the molecule is CC1CCc2c(sc3nc(CSc4nnc(-c5cccs5)n4-c4ccccc4)[nH]c(=O)c23)C1. The summed E-state index contributed by atoms with van der Waals surface area (Å²) in [4.78, 5) is 24.0. The van der Waals surface area contributed by atoms with Crippen LogP contribution in [0.5, 0.6) is 0 Å². The molecule has 6 rings (SSSR count). The van der Waals surface area contributed by atoms with Crippen molar-refractivity contribution in [2.45, 2.75) is 37.1 Å². The lowest BCUT2D eigenvalue weighted by Gasteiger charge is -2.17. The molecule has 33 heavy (non-hydrogen) atoms. The van der Waals surface area contributed by atoms with E-state index in [9.17, 15) is 4.79 Å². The molecule has 0 saturated heterocycles. The highest BCUT2D eigenvalue weighted by molar-refractivity contribution is 7.98. The minimum Gasteiger partial charge on any atom is -0.309 e. The molecule has 9 heteroatoms. The molecule has 0 saturated carbocycles. The molecular formula is C24H21N5OS3. The molecule has 0 bridgehead atoms. The summed E-state index contributed by atoms with van der Waals surface area (Å²) in [5.74, 6) is 2.67. The molecular weight excluding hydrogens is 470 g/mol. The summed E-state index contributed by atoms with van der Waals surface area (Å²) in [7, 11) is 0. The van der Waals surface area contributed by atoms with Crippen molar-refractivity contribution in [1.29, 1.82) is 0 Å². The van der Waals surface area contributed by atoms with Gasteiger partial charge in [-0.25, -0.2) is 4.98 Å². The van der Waals surface area contributed by atoms with Gasteiger partial charge in [-0.15, -0.1) is 32.9 Å². The highest BCUT2D eigenvalue weighted by Gasteiger charge is 2.23. The van der Waals surface area contributed by atoms with Crippen molar-refractivity contribution < 1.29 is 0 Å². The lowest BCUT2D eigenvalue weighted by molar-refractivity contribution is 0.509. The Morgan fingerprint density at radius 2 is 2.06 bits per heavy atom. The Bertz CT molecular complexity index is 1480. The van der Waals surface area contributed by atoms with E-state index in [4.69, 9.17) is 4.98 Å². The molecule has 1 atom stereocenters. The van der Waals surface area contributed by atoms with E-state index in [1.165, 1.54) is 22.2 Å². The van der Waals surface area contributed by atoms with E-state index in [1.54, 1.807) is 22.7 Å². The molecule has 1 aromatic carbocycles. The smallest absolute Gasteiger partial charge is 0.259 e. The van der Waals surface area contributed by atoms with Crippen LogP contribution in [0.2, 0.25) is 0 Å². The summed E-state index contributed by atoms with van der Waals surface area (Å²) >= 11 is 4.85. The number of rotatable bonds is 5. The lowest BCUT2D eigenvalue weighted by atomic mass is 9.89. The first kappa shape index (κ1) is 20.8. The molecule has 0 spiro atoms. The van der Waals surface area contributed by atoms with E-state index in [0.29, 0.717) is 17.5 Å². The molecule has 166 valence electrons. The van der Waals surface area contributed by atoms with Gasteiger partial charge in [-0.3, -0.25) is 9.36 Å². The molecule has 1 unspecified atom stereocenters. The highest BCUT2D eigenvalue weighted by Crippen LogP contribution is 2.36. The van der Waals surface area contributed by atoms with Gasteiger partial charge in [-0.2, -0.15) is 0 Å². The van der Waals surface area contributed by atoms with Gasteiger partial charge >= 0.3 is 0 Å². The fraction of sp³-hybridized carbons (Fsp3) is 0.250. The number of aromatic nitrogens is 5. The number of thioether (sulfide) groups is 1. The maximum atomic E-state index is 12.9. The molecule has 0 amide bonds. The number of hydrogen-bond donors (Lipinski definition) is 1. The van der Waals surface area contributed by atoms with E-state index in [-0.39, 0.29) is 5.56 Å². The van der Waals surface area contributed by atoms with E-state index >= 15 is 0 Å². The number of nitrogens with zero attached hydrogens (tertiary/aromatic N) is 4. The predicted molar refractivity (Wildman–Crippen MR) is 136 cm³/mol. The van der Waals surface area contributed by atoms with Crippen LogP contribution in [0.4, 0.5) is 0 Å². The second-order valence-electron chi connectivity index (χ2n) is 8.29. The number of aryl methyl sites for hydroxylation is 1. The van der Waals surface area contributed by atoms with Crippen molar-refractivity contribution >= 4 is 44.7 Å². The van der Waals surface area contributed by atoms with Crippen LogP contribution in [0, 0.1) is 5.92 Å². The standard InChI is InChI=1S/C24H21N5OS3/c1-14-9-10-16-18(12-14)33-23-20(16)22(30)25-19(26-23)13-32-24-28-27-21(17-8-5-11-31-17)29(24)15-6-3-2-4-7-15/h2-8,11,14H,9-10,12-13H2,1H3,(H,25,26,30). The number of thiophene rings is 2. The van der Waals surface area contributed by atoms with Crippen molar-refractivity contribution in [3.8, 4) is 16.4 Å². The van der Waals surface area contributed by atoms with Crippen LogP contribution < -0.4 is 5.56 Å². The summed E-state index contributed by atoms with van der Waals surface area (Å²) in [6, 6.07) is 14.2. The van der Waals surface area contributed by atoms with Gasteiger partial charge in [0.25, 0.3) is 5.56 Å². The maximum Gasteiger partial charge on any atom is 0.259 e. The molecule has 0 radical (unpaired) electrons. The first-order valence-electron chi connectivity index (χ1n) is 10.9. The van der Waals surface area contributed by atoms with Crippen LogP contribution in [0.25, 0.3) is 26.6 Å². The Balaban J connectivity index is 1.34.